The summed E-state index contributed by atoms with van der Waals surface area (Å²) in [7, 11) is 0. The number of alkyl halides is 1. The van der Waals surface area contributed by atoms with Crippen LogP contribution in [-0.2, 0) is 4.79 Å². The summed E-state index contributed by atoms with van der Waals surface area (Å²) in [5.74, 6) is -3.30. The van der Waals surface area contributed by atoms with E-state index in [1.807, 2.05) is 0 Å². The Kier molecular flexibility index (Phi) is 3.50. The van der Waals surface area contributed by atoms with E-state index in [0.717, 1.165) is 11.3 Å². The first-order chi connectivity index (χ1) is 10.5. The van der Waals surface area contributed by atoms with Crippen molar-refractivity contribution in [3.63, 3.8) is 0 Å². The van der Waals surface area contributed by atoms with Crippen LogP contribution in [0.3, 0.4) is 0 Å². The smallest absolute Gasteiger partial charge is 0.346 e. The molecule has 7 heteroatoms. The molecule has 0 radical (unpaired) electrons. The molecule has 0 saturated carbocycles. The normalized spacial score (nSPS) is 12.5. The minimum absolute atomic E-state index is 0.00986. The van der Waals surface area contributed by atoms with Crippen molar-refractivity contribution in [3.05, 3.63) is 46.5 Å². The number of thiophene rings is 1. The van der Waals surface area contributed by atoms with Crippen molar-refractivity contribution in [1.82, 2.24) is 4.98 Å². The Labute approximate surface area is 127 Å². The van der Waals surface area contributed by atoms with Gasteiger partial charge in [-0.1, -0.05) is 12.1 Å². The number of H-pyrrole nitrogens is 1. The van der Waals surface area contributed by atoms with Crippen molar-refractivity contribution in [2.75, 3.05) is 0 Å². The highest BCUT2D eigenvalue weighted by atomic mass is 32.1. The minimum Gasteiger partial charge on any atom is -0.479 e. The Morgan fingerprint density at radius 2 is 2.09 bits per heavy atom. The van der Waals surface area contributed by atoms with Gasteiger partial charge in [0.2, 0.25) is 5.78 Å². The van der Waals surface area contributed by atoms with Crippen molar-refractivity contribution in [3.8, 4) is 11.1 Å². The first-order valence-corrected chi connectivity index (χ1v) is 7.12. The maximum Gasteiger partial charge on any atom is 0.346 e. The summed E-state index contributed by atoms with van der Waals surface area (Å²) < 4.78 is 26.9. The highest BCUT2D eigenvalue weighted by Crippen LogP contribution is 2.33. The van der Waals surface area contributed by atoms with Gasteiger partial charge in [0.1, 0.15) is 5.82 Å². The summed E-state index contributed by atoms with van der Waals surface area (Å²) in [5, 5.41) is 10.8. The average Bonchev–Trinajstić information content (AvgIpc) is 3.12. The standard InChI is InChI=1S/C15H9F2NO3S/c16-10-3-1-2-8-9(5-18-13(8)10)7-4-11(22-6-7)14(19)12(17)15(20)21/h1-6,12,18H,(H,20,21). The van der Waals surface area contributed by atoms with Gasteiger partial charge in [-0.15, -0.1) is 11.3 Å². The molecule has 22 heavy (non-hydrogen) atoms. The molecule has 0 fully saturated rings. The summed E-state index contributed by atoms with van der Waals surface area (Å²) in [6, 6.07) is 6.02. The number of aliphatic carboxylic acids is 1. The lowest BCUT2D eigenvalue weighted by atomic mass is 10.1. The van der Waals surface area contributed by atoms with Crippen LogP contribution in [0.25, 0.3) is 22.0 Å². The second-order valence-electron chi connectivity index (χ2n) is 4.63. The van der Waals surface area contributed by atoms with Gasteiger partial charge in [0.15, 0.2) is 0 Å². The second-order valence-corrected chi connectivity index (χ2v) is 5.54. The fraction of sp³-hybridized carbons (Fsp3) is 0.0667. The van der Waals surface area contributed by atoms with Crippen molar-refractivity contribution >= 4 is 34.0 Å². The van der Waals surface area contributed by atoms with Crippen molar-refractivity contribution in [2.45, 2.75) is 6.17 Å². The molecule has 2 heterocycles. The molecule has 0 amide bonds. The molecule has 0 aliphatic heterocycles. The zero-order valence-corrected chi connectivity index (χ0v) is 11.8. The van der Waals surface area contributed by atoms with Crippen LogP contribution >= 0.6 is 11.3 Å². The first kappa shape index (κ1) is 14.4. The predicted octanol–water partition coefficient (Wildman–Crippen LogP) is 3.64. The van der Waals surface area contributed by atoms with Crippen LogP contribution in [-0.4, -0.2) is 28.0 Å². The Morgan fingerprint density at radius 3 is 2.82 bits per heavy atom. The summed E-state index contributed by atoms with van der Waals surface area (Å²) in [4.78, 5) is 25.0. The molecule has 1 atom stereocenters. The maximum atomic E-state index is 13.6. The molecule has 0 spiro atoms. The number of carboxylic acid groups (broad SMARTS) is 1. The van der Waals surface area contributed by atoms with Gasteiger partial charge in [0, 0.05) is 17.1 Å². The zero-order valence-electron chi connectivity index (χ0n) is 11.0. The number of nitrogens with one attached hydrogen (secondary N) is 1. The largest absolute Gasteiger partial charge is 0.479 e. The number of carboxylic acids is 1. The lowest BCUT2D eigenvalue weighted by molar-refractivity contribution is -0.140. The van der Waals surface area contributed by atoms with Crippen LogP contribution in [0.4, 0.5) is 8.78 Å². The Bertz CT molecular complexity index is 884. The van der Waals surface area contributed by atoms with E-state index in [1.165, 1.54) is 12.1 Å². The van der Waals surface area contributed by atoms with Gasteiger partial charge in [-0.05, 0) is 23.1 Å². The Balaban J connectivity index is 2.01. The van der Waals surface area contributed by atoms with Crippen LogP contribution in [0.5, 0.6) is 0 Å². The molecule has 112 valence electrons. The number of aromatic nitrogens is 1. The molecule has 3 aromatic rings. The number of ketones is 1. The molecule has 1 aromatic carbocycles. The second kappa shape index (κ2) is 5.34. The number of hydrogen-bond donors (Lipinski definition) is 2. The van der Waals surface area contributed by atoms with E-state index in [-0.39, 0.29) is 4.88 Å². The number of benzene rings is 1. The Hall–Kier alpha value is -2.54. The number of hydrogen-bond acceptors (Lipinski definition) is 3. The van der Waals surface area contributed by atoms with Gasteiger partial charge >= 0.3 is 5.97 Å². The Morgan fingerprint density at radius 1 is 1.32 bits per heavy atom. The summed E-state index contributed by atoms with van der Waals surface area (Å²) in [6.45, 7) is 0. The molecule has 0 bridgehead atoms. The van der Waals surface area contributed by atoms with Crippen LogP contribution in [0.2, 0.25) is 0 Å². The van der Waals surface area contributed by atoms with E-state index in [1.54, 1.807) is 23.7 Å². The number of carbonyl (C=O) groups is 2. The molecule has 0 aliphatic rings. The highest BCUT2D eigenvalue weighted by Gasteiger charge is 2.28. The van der Waals surface area contributed by atoms with Gasteiger partial charge in [0.05, 0.1) is 10.4 Å². The monoisotopic (exact) mass is 321 g/mol. The molecule has 2 aromatic heterocycles. The zero-order chi connectivity index (χ0) is 15.9. The van der Waals surface area contributed by atoms with Gasteiger partial charge in [0.25, 0.3) is 6.17 Å². The molecule has 4 nitrogen and oxygen atoms in total. The summed E-state index contributed by atoms with van der Waals surface area (Å²) >= 11 is 0.954. The van der Waals surface area contributed by atoms with E-state index in [4.69, 9.17) is 5.11 Å². The lowest BCUT2D eigenvalue weighted by Gasteiger charge is -1.98. The quantitative estimate of drug-likeness (QED) is 0.569. The average molecular weight is 321 g/mol. The number of rotatable bonds is 4. The third kappa shape index (κ3) is 2.29. The number of fused-ring (bicyclic) bond motifs is 1. The lowest BCUT2D eigenvalue weighted by Crippen LogP contribution is -2.24. The SMILES string of the molecule is O=C(O)C(F)C(=O)c1cc(-c2c[nH]c3c(F)cccc23)cs1. The number of para-hydroxylation sites is 1. The highest BCUT2D eigenvalue weighted by molar-refractivity contribution is 7.12. The molecular weight excluding hydrogens is 312 g/mol. The minimum atomic E-state index is -2.58. The van der Waals surface area contributed by atoms with Gasteiger partial charge in [-0.2, -0.15) is 0 Å². The van der Waals surface area contributed by atoms with Gasteiger partial charge in [-0.3, -0.25) is 4.79 Å². The van der Waals surface area contributed by atoms with E-state index in [0.29, 0.717) is 22.0 Å². The first-order valence-electron chi connectivity index (χ1n) is 6.24. The molecule has 2 N–H and O–H groups in total. The molecule has 3 rings (SSSR count). The number of carbonyl (C=O) groups excluding carboxylic acids is 1. The number of aromatic amines is 1. The molecule has 0 aliphatic carbocycles. The fourth-order valence-corrected chi connectivity index (χ4v) is 3.06. The van der Waals surface area contributed by atoms with Crippen molar-refractivity contribution < 1.29 is 23.5 Å². The molecule has 0 saturated heterocycles. The van der Waals surface area contributed by atoms with E-state index >= 15 is 0 Å². The van der Waals surface area contributed by atoms with Gasteiger partial charge < -0.3 is 10.1 Å². The summed E-state index contributed by atoms with van der Waals surface area (Å²) in [6.07, 6.45) is -0.985. The third-order valence-electron chi connectivity index (χ3n) is 3.26. The van der Waals surface area contributed by atoms with Crippen molar-refractivity contribution in [2.24, 2.45) is 0 Å². The van der Waals surface area contributed by atoms with Crippen LogP contribution < -0.4 is 0 Å². The summed E-state index contributed by atoms with van der Waals surface area (Å²) in [5.41, 5.74) is 1.60. The number of Topliss-reactive ketones (excluding diaryl/α,β-unsaturated/α-hetero) is 1. The number of halogens is 2. The molecular formula is C15H9F2NO3S. The van der Waals surface area contributed by atoms with E-state index in [2.05, 4.69) is 4.98 Å². The fourth-order valence-electron chi connectivity index (χ4n) is 2.20. The van der Waals surface area contributed by atoms with Crippen LogP contribution in [0, 0.1) is 5.82 Å². The molecule has 1 unspecified atom stereocenters. The predicted molar refractivity (Wildman–Crippen MR) is 78.4 cm³/mol. The van der Waals surface area contributed by atoms with Crippen LogP contribution in [0.1, 0.15) is 9.67 Å². The van der Waals surface area contributed by atoms with Crippen molar-refractivity contribution in [1.29, 1.82) is 0 Å². The maximum absolute atomic E-state index is 13.6. The van der Waals surface area contributed by atoms with E-state index in [9.17, 15) is 18.4 Å². The topological polar surface area (TPSA) is 70.2 Å². The third-order valence-corrected chi connectivity index (χ3v) is 4.21. The van der Waals surface area contributed by atoms with Gasteiger partial charge in [-0.25, -0.2) is 13.6 Å². The van der Waals surface area contributed by atoms with E-state index < -0.39 is 23.7 Å². The van der Waals surface area contributed by atoms with Crippen LogP contribution in [0.15, 0.2) is 35.8 Å².